The van der Waals surface area contributed by atoms with E-state index >= 15 is 0 Å². The third-order valence-corrected chi connectivity index (χ3v) is 1.38. The Balaban J connectivity index is 0.000000217. The first-order valence-corrected chi connectivity index (χ1v) is 4.54. The van der Waals surface area contributed by atoms with E-state index in [1.807, 2.05) is 26.0 Å². The van der Waals surface area contributed by atoms with Crippen LogP contribution in [0.5, 0.6) is 0 Å². The van der Waals surface area contributed by atoms with E-state index in [9.17, 15) is 0 Å². The van der Waals surface area contributed by atoms with Gasteiger partial charge in [-0.25, -0.2) is 0 Å². The van der Waals surface area contributed by atoms with Crippen LogP contribution in [0.15, 0.2) is 22.8 Å². The Morgan fingerprint density at radius 3 is 2.25 bits per heavy atom. The van der Waals surface area contributed by atoms with Crippen molar-refractivity contribution in [2.45, 2.75) is 19.7 Å². The minimum atomic E-state index is 0.465. The van der Waals surface area contributed by atoms with Crippen molar-refractivity contribution in [1.29, 1.82) is 0 Å². The van der Waals surface area contributed by atoms with Crippen LogP contribution in [0.3, 0.4) is 0 Å². The Morgan fingerprint density at radius 2 is 2.08 bits per heavy atom. The Labute approximate surface area is 78.5 Å². The van der Waals surface area contributed by atoms with Crippen LogP contribution in [0.1, 0.15) is 19.6 Å². The lowest BCUT2D eigenvalue weighted by atomic mass is 10.5. The lowest BCUT2D eigenvalue weighted by Crippen LogP contribution is -1.84. The molecule has 0 atom stereocenters. The van der Waals surface area contributed by atoms with Crippen LogP contribution in [0.25, 0.3) is 0 Å². The lowest BCUT2D eigenvalue weighted by Gasteiger charge is -1.86. The summed E-state index contributed by atoms with van der Waals surface area (Å²) in [5.41, 5.74) is 0. The molecule has 1 heterocycles. The summed E-state index contributed by atoms with van der Waals surface area (Å²) in [6.07, 6.45) is 1.61. The lowest BCUT2D eigenvalue weighted by molar-refractivity contribution is 0.162. The zero-order valence-corrected chi connectivity index (χ0v) is 8.30. The second kappa shape index (κ2) is 8.62. The molecular formula is C9H15ClO2. The summed E-state index contributed by atoms with van der Waals surface area (Å²) in [6, 6.07) is 3.66. The minimum absolute atomic E-state index is 0.465. The molecule has 0 aliphatic carbocycles. The van der Waals surface area contributed by atoms with Crippen LogP contribution in [-0.2, 0) is 10.6 Å². The summed E-state index contributed by atoms with van der Waals surface area (Å²) in [5.74, 6) is 1.29. The van der Waals surface area contributed by atoms with Crippen molar-refractivity contribution in [2.75, 3.05) is 13.2 Å². The molecule has 0 aliphatic heterocycles. The van der Waals surface area contributed by atoms with Crippen LogP contribution < -0.4 is 0 Å². The van der Waals surface area contributed by atoms with Crippen molar-refractivity contribution < 1.29 is 9.15 Å². The van der Waals surface area contributed by atoms with Crippen molar-refractivity contribution in [2.24, 2.45) is 0 Å². The zero-order chi connectivity index (χ0) is 9.23. The molecule has 0 bridgehead atoms. The standard InChI is InChI=1S/C5H5ClO.C4H10O/c6-4-5-2-1-3-7-5;1-3-5-4-2/h1-3H,4H2;3-4H2,1-2H3. The normalized spacial score (nSPS) is 8.92. The average molecular weight is 191 g/mol. The van der Waals surface area contributed by atoms with E-state index in [1.54, 1.807) is 6.26 Å². The summed E-state index contributed by atoms with van der Waals surface area (Å²) in [5, 5.41) is 0. The van der Waals surface area contributed by atoms with Gasteiger partial charge in [-0.3, -0.25) is 0 Å². The molecule has 1 rings (SSSR count). The van der Waals surface area contributed by atoms with Gasteiger partial charge in [0.05, 0.1) is 12.1 Å². The van der Waals surface area contributed by atoms with Gasteiger partial charge in [-0.1, -0.05) is 0 Å². The molecular weight excluding hydrogens is 176 g/mol. The monoisotopic (exact) mass is 190 g/mol. The van der Waals surface area contributed by atoms with Gasteiger partial charge in [0, 0.05) is 13.2 Å². The second-order valence-corrected chi connectivity index (χ2v) is 2.26. The van der Waals surface area contributed by atoms with Gasteiger partial charge in [0.2, 0.25) is 0 Å². The van der Waals surface area contributed by atoms with Gasteiger partial charge in [0.1, 0.15) is 5.76 Å². The van der Waals surface area contributed by atoms with Crippen molar-refractivity contribution in [3.05, 3.63) is 24.2 Å². The third-order valence-electron chi connectivity index (χ3n) is 1.12. The number of halogens is 1. The van der Waals surface area contributed by atoms with E-state index in [4.69, 9.17) is 20.8 Å². The largest absolute Gasteiger partial charge is 0.468 e. The van der Waals surface area contributed by atoms with Crippen LogP contribution in [0.2, 0.25) is 0 Å². The molecule has 0 unspecified atom stereocenters. The molecule has 0 N–H and O–H groups in total. The van der Waals surface area contributed by atoms with Crippen molar-refractivity contribution in [3.63, 3.8) is 0 Å². The molecule has 1 aromatic heterocycles. The zero-order valence-electron chi connectivity index (χ0n) is 7.55. The molecule has 0 radical (unpaired) electrons. The van der Waals surface area contributed by atoms with E-state index in [0.717, 1.165) is 19.0 Å². The molecule has 0 spiro atoms. The van der Waals surface area contributed by atoms with Crippen molar-refractivity contribution >= 4 is 11.6 Å². The highest BCUT2D eigenvalue weighted by molar-refractivity contribution is 6.16. The fraction of sp³-hybridized carbons (Fsp3) is 0.556. The summed E-state index contributed by atoms with van der Waals surface area (Å²) >= 11 is 5.37. The fourth-order valence-electron chi connectivity index (χ4n) is 0.593. The van der Waals surface area contributed by atoms with Crippen molar-refractivity contribution in [1.82, 2.24) is 0 Å². The molecule has 0 aromatic carbocycles. The molecule has 12 heavy (non-hydrogen) atoms. The second-order valence-electron chi connectivity index (χ2n) is 1.99. The highest BCUT2D eigenvalue weighted by Gasteiger charge is 1.86. The van der Waals surface area contributed by atoms with Gasteiger partial charge in [-0.05, 0) is 26.0 Å². The quantitative estimate of drug-likeness (QED) is 0.684. The Bertz CT molecular complexity index is 159. The average Bonchev–Trinajstić information content (AvgIpc) is 2.58. The summed E-state index contributed by atoms with van der Waals surface area (Å²) < 4.78 is 9.68. The molecule has 2 nitrogen and oxygen atoms in total. The van der Waals surface area contributed by atoms with E-state index in [2.05, 4.69) is 0 Å². The highest BCUT2D eigenvalue weighted by atomic mass is 35.5. The SMILES string of the molecule is CCOCC.ClCc1ccco1. The number of hydrogen-bond acceptors (Lipinski definition) is 2. The van der Waals surface area contributed by atoms with Crippen molar-refractivity contribution in [3.8, 4) is 0 Å². The van der Waals surface area contributed by atoms with Gasteiger partial charge in [0.25, 0.3) is 0 Å². The Hall–Kier alpha value is -0.470. The smallest absolute Gasteiger partial charge is 0.118 e. The van der Waals surface area contributed by atoms with Gasteiger partial charge in [0.15, 0.2) is 0 Å². The number of furan rings is 1. The first-order valence-electron chi connectivity index (χ1n) is 4.01. The molecule has 0 aliphatic rings. The maximum absolute atomic E-state index is 5.37. The van der Waals surface area contributed by atoms with Gasteiger partial charge >= 0.3 is 0 Å². The molecule has 0 amide bonds. The topological polar surface area (TPSA) is 22.4 Å². The maximum atomic E-state index is 5.37. The van der Waals surface area contributed by atoms with E-state index in [1.165, 1.54) is 0 Å². The first kappa shape index (κ1) is 11.5. The van der Waals surface area contributed by atoms with E-state index in [-0.39, 0.29) is 0 Å². The maximum Gasteiger partial charge on any atom is 0.118 e. The van der Waals surface area contributed by atoms with Gasteiger partial charge < -0.3 is 9.15 Å². The molecule has 0 saturated heterocycles. The summed E-state index contributed by atoms with van der Waals surface area (Å²) in [4.78, 5) is 0. The Morgan fingerprint density at radius 1 is 1.42 bits per heavy atom. The number of alkyl halides is 1. The molecule has 1 aromatic rings. The fourth-order valence-corrected chi connectivity index (χ4v) is 0.745. The van der Waals surface area contributed by atoms with Crippen LogP contribution in [-0.4, -0.2) is 13.2 Å². The minimum Gasteiger partial charge on any atom is -0.468 e. The van der Waals surface area contributed by atoms with Crippen LogP contribution >= 0.6 is 11.6 Å². The summed E-state index contributed by atoms with van der Waals surface area (Å²) in [7, 11) is 0. The predicted molar refractivity (Wildman–Crippen MR) is 50.4 cm³/mol. The van der Waals surface area contributed by atoms with Crippen LogP contribution in [0, 0.1) is 0 Å². The number of rotatable bonds is 3. The highest BCUT2D eigenvalue weighted by Crippen LogP contribution is 2.01. The van der Waals surface area contributed by atoms with Gasteiger partial charge in [-0.2, -0.15) is 0 Å². The molecule has 3 heteroatoms. The van der Waals surface area contributed by atoms with Crippen LogP contribution in [0.4, 0.5) is 0 Å². The molecule has 0 saturated carbocycles. The van der Waals surface area contributed by atoms with E-state index in [0.29, 0.717) is 5.88 Å². The number of hydrogen-bond donors (Lipinski definition) is 0. The predicted octanol–water partition coefficient (Wildman–Crippen LogP) is 3.06. The van der Waals surface area contributed by atoms with Gasteiger partial charge in [-0.15, -0.1) is 11.6 Å². The number of ether oxygens (including phenoxy) is 1. The molecule has 0 fully saturated rings. The summed E-state index contributed by atoms with van der Waals surface area (Å²) in [6.45, 7) is 5.67. The molecule has 70 valence electrons. The third kappa shape index (κ3) is 6.25. The Kier molecular flexibility index (Phi) is 8.29. The van der Waals surface area contributed by atoms with E-state index < -0.39 is 0 Å². The first-order chi connectivity index (χ1) is 5.85.